The van der Waals surface area contributed by atoms with Crippen LogP contribution in [-0.4, -0.2) is 23.2 Å². The molecule has 19 heavy (non-hydrogen) atoms. The predicted molar refractivity (Wildman–Crippen MR) is 75.2 cm³/mol. The maximum Gasteiger partial charge on any atom is 0.337 e. The summed E-state index contributed by atoms with van der Waals surface area (Å²) in [5, 5.41) is 11.9. The molecule has 0 aliphatic heterocycles. The molecule has 0 aliphatic rings. The molecular formula is C13H11BrN2O3. The van der Waals surface area contributed by atoms with Crippen LogP contribution in [0.25, 0.3) is 0 Å². The lowest BCUT2D eigenvalue weighted by Gasteiger charge is -2.08. The van der Waals surface area contributed by atoms with Crippen LogP contribution in [0, 0.1) is 0 Å². The third kappa shape index (κ3) is 3.45. The van der Waals surface area contributed by atoms with Gasteiger partial charge in [-0.2, -0.15) is 0 Å². The van der Waals surface area contributed by atoms with Crippen LogP contribution in [0.5, 0.6) is 5.75 Å². The summed E-state index contributed by atoms with van der Waals surface area (Å²) in [5.74, 6) is 0.271. The first-order valence-electron chi connectivity index (χ1n) is 5.39. The number of carbonyl (C=O) groups is 1. The third-order valence-corrected chi connectivity index (χ3v) is 2.85. The maximum absolute atomic E-state index is 10.7. The molecule has 0 aliphatic carbocycles. The molecule has 0 saturated carbocycles. The van der Waals surface area contributed by atoms with Crippen LogP contribution in [0.4, 0.5) is 11.5 Å². The zero-order valence-electron chi connectivity index (χ0n) is 10.1. The van der Waals surface area contributed by atoms with E-state index in [9.17, 15) is 4.79 Å². The minimum atomic E-state index is -0.997. The lowest BCUT2D eigenvalue weighted by Crippen LogP contribution is -1.99. The molecule has 0 fully saturated rings. The Morgan fingerprint density at radius 3 is 2.74 bits per heavy atom. The average molecular weight is 323 g/mol. The minimum Gasteiger partial charge on any atom is -0.497 e. The van der Waals surface area contributed by atoms with Crippen molar-refractivity contribution in [3.05, 3.63) is 46.6 Å². The first-order valence-corrected chi connectivity index (χ1v) is 6.19. The third-order valence-electron chi connectivity index (χ3n) is 2.39. The van der Waals surface area contributed by atoms with E-state index in [1.165, 1.54) is 12.3 Å². The SMILES string of the molecule is COc1cc(Br)cc(Nc2ccc(C(=O)O)cn2)c1. The second kappa shape index (κ2) is 5.71. The van der Waals surface area contributed by atoms with E-state index in [4.69, 9.17) is 9.84 Å². The molecule has 1 aromatic carbocycles. The Morgan fingerprint density at radius 2 is 2.16 bits per heavy atom. The van der Waals surface area contributed by atoms with Crippen molar-refractivity contribution in [3.8, 4) is 5.75 Å². The number of pyridine rings is 1. The molecule has 2 N–H and O–H groups in total. The molecule has 0 saturated heterocycles. The number of hydrogen-bond donors (Lipinski definition) is 2. The number of benzene rings is 1. The van der Waals surface area contributed by atoms with Gasteiger partial charge in [0.05, 0.1) is 12.7 Å². The highest BCUT2D eigenvalue weighted by molar-refractivity contribution is 9.10. The molecule has 0 radical (unpaired) electrons. The smallest absolute Gasteiger partial charge is 0.337 e. The molecule has 98 valence electrons. The topological polar surface area (TPSA) is 71.5 Å². The van der Waals surface area contributed by atoms with Crippen LogP contribution >= 0.6 is 15.9 Å². The fourth-order valence-electron chi connectivity index (χ4n) is 1.49. The predicted octanol–water partition coefficient (Wildman–Crippen LogP) is 3.29. The Hall–Kier alpha value is -2.08. The van der Waals surface area contributed by atoms with Gasteiger partial charge in [0.15, 0.2) is 0 Å². The van der Waals surface area contributed by atoms with E-state index in [1.807, 2.05) is 18.2 Å². The van der Waals surface area contributed by atoms with Gasteiger partial charge < -0.3 is 15.2 Å². The van der Waals surface area contributed by atoms with Crippen molar-refractivity contribution in [2.24, 2.45) is 0 Å². The summed E-state index contributed by atoms with van der Waals surface area (Å²) in [5.41, 5.74) is 0.944. The number of ether oxygens (including phenoxy) is 1. The Morgan fingerprint density at radius 1 is 1.37 bits per heavy atom. The van der Waals surface area contributed by atoms with Crippen LogP contribution in [0.15, 0.2) is 41.0 Å². The number of hydrogen-bond acceptors (Lipinski definition) is 4. The fourth-order valence-corrected chi connectivity index (χ4v) is 1.97. The molecule has 0 atom stereocenters. The van der Waals surface area contributed by atoms with Crippen molar-refractivity contribution in [2.75, 3.05) is 12.4 Å². The van der Waals surface area contributed by atoms with Crippen molar-refractivity contribution < 1.29 is 14.6 Å². The van der Waals surface area contributed by atoms with Gasteiger partial charge in [-0.15, -0.1) is 0 Å². The first-order chi connectivity index (χ1) is 9.08. The quantitative estimate of drug-likeness (QED) is 0.903. The summed E-state index contributed by atoms with van der Waals surface area (Å²) in [6.07, 6.45) is 1.31. The molecule has 0 bridgehead atoms. The van der Waals surface area contributed by atoms with Crippen LogP contribution in [0.2, 0.25) is 0 Å². The monoisotopic (exact) mass is 322 g/mol. The van der Waals surface area contributed by atoms with E-state index in [0.717, 1.165) is 10.2 Å². The number of rotatable bonds is 4. The number of anilines is 2. The fraction of sp³-hybridized carbons (Fsp3) is 0.0769. The van der Waals surface area contributed by atoms with E-state index < -0.39 is 5.97 Å². The number of methoxy groups -OCH3 is 1. The lowest BCUT2D eigenvalue weighted by molar-refractivity contribution is 0.0696. The number of carboxylic acids is 1. The second-order valence-corrected chi connectivity index (χ2v) is 4.66. The molecule has 0 amide bonds. The van der Waals surface area contributed by atoms with Crippen molar-refractivity contribution in [2.45, 2.75) is 0 Å². The molecule has 2 rings (SSSR count). The Balaban J connectivity index is 2.21. The molecule has 2 aromatic rings. The number of halogens is 1. The van der Waals surface area contributed by atoms with Crippen LogP contribution in [0.1, 0.15) is 10.4 Å². The second-order valence-electron chi connectivity index (χ2n) is 3.74. The summed E-state index contributed by atoms with van der Waals surface area (Å²) in [4.78, 5) is 14.7. The number of nitrogens with one attached hydrogen (secondary N) is 1. The van der Waals surface area contributed by atoms with Gasteiger partial charge in [-0.05, 0) is 24.3 Å². The van der Waals surface area contributed by atoms with Crippen molar-refractivity contribution in [1.82, 2.24) is 4.98 Å². The van der Waals surface area contributed by atoms with E-state index in [1.54, 1.807) is 13.2 Å². The number of carboxylic acid groups (broad SMARTS) is 1. The molecule has 5 nitrogen and oxygen atoms in total. The van der Waals surface area contributed by atoms with E-state index in [0.29, 0.717) is 11.6 Å². The van der Waals surface area contributed by atoms with Crippen LogP contribution in [0.3, 0.4) is 0 Å². The largest absolute Gasteiger partial charge is 0.497 e. The van der Waals surface area contributed by atoms with Crippen molar-refractivity contribution >= 4 is 33.4 Å². The zero-order valence-corrected chi connectivity index (χ0v) is 11.6. The molecule has 6 heteroatoms. The highest BCUT2D eigenvalue weighted by Crippen LogP contribution is 2.26. The van der Waals surface area contributed by atoms with E-state index in [-0.39, 0.29) is 5.56 Å². The van der Waals surface area contributed by atoms with E-state index >= 15 is 0 Å². The van der Waals surface area contributed by atoms with Gasteiger partial charge in [0.1, 0.15) is 11.6 Å². The summed E-state index contributed by atoms with van der Waals surface area (Å²) >= 11 is 3.38. The van der Waals surface area contributed by atoms with Crippen LogP contribution in [-0.2, 0) is 0 Å². The summed E-state index contributed by atoms with van der Waals surface area (Å²) in [7, 11) is 1.59. The minimum absolute atomic E-state index is 0.150. The van der Waals surface area contributed by atoms with Gasteiger partial charge in [-0.25, -0.2) is 9.78 Å². The number of aromatic nitrogens is 1. The van der Waals surface area contributed by atoms with Crippen molar-refractivity contribution in [1.29, 1.82) is 0 Å². The number of aromatic carboxylic acids is 1. The molecule has 0 spiro atoms. The van der Waals surface area contributed by atoms with Gasteiger partial charge in [-0.1, -0.05) is 15.9 Å². The maximum atomic E-state index is 10.7. The van der Waals surface area contributed by atoms with Crippen LogP contribution < -0.4 is 10.1 Å². The van der Waals surface area contributed by atoms with Gasteiger partial charge in [0.2, 0.25) is 0 Å². The highest BCUT2D eigenvalue weighted by Gasteiger charge is 2.04. The van der Waals surface area contributed by atoms with Gasteiger partial charge in [-0.3, -0.25) is 0 Å². The van der Waals surface area contributed by atoms with Gasteiger partial charge in [0.25, 0.3) is 0 Å². The zero-order chi connectivity index (χ0) is 13.8. The molecule has 1 heterocycles. The Labute approximate surface area is 118 Å². The average Bonchev–Trinajstić information content (AvgIpc) is 2.38. The van der Waals surface area contributed by atoms with Gasteiger partial charge in [0, 0.05) is 22.4 Å². The highest BCUT2D eigenvalue weighted by atomic mass is 79.9. The molecular weight excluding hydrogens is 312 g/mol. The standard InChI is InChI=1S/C13H11BrN2O3/c1-19-11-5-9(14)4-10(6-11)16-12-3-2-8(7-15-12)13(17)18/h2-7H,1H3,(H,15,16)(H,17,18). The first kappa shape index (κ1) is 13.4. The molecule has 0 unspecified atom stereocenters. The summed E-state index contributed by atoms with van der Waals surface area (Å²) in [6.45, 7) is 0. The number of nitrogens with zero attached hydrogens (tertiary/aromatic N) is 1. The molecule has 1 aromatic heterocycles. The summed E-state index contributed by atoms with van der Waals surface area (Å²) in [6, 6.07) is 8.63. The van der Waals surface area contributed by atoms with Crippen molar-refractivity contribution in [3.63, 3.8) is 0 Å². The Kier molecular flexibility index (Phi) is 4.01. The van der Waals surface area contributed by atoms with Gasteiger partial charge >= 0.3 is 5.97 Å². The Bertz CT molecular complexity index is 599. The van der Waals surface area contributed by atoms with E-state index in [2.05, 4.69) is 26.2 Å². The summed E-state index contributed by atoms with van der Waals surface area (Å²) < 4.78 is 6.03. The lowest BCUT2D eigenvalue weighted by atomic mass is 10.2. The normalized spacial score (nSPS) is 10.0.